The molecule has 1 fully saturated rings. The van der Waals surface area contributed by atoms with E-state index in [1.807, 2.05) is 0 Å². The predicted molar refractivity (Wildman–Crippen MR) is 112 cm³/mol. The van der Waals surface area contributed by atoms with E-state index < -0.39 is 23.1 Å². The molecule has 10 heteroatoms. The summed E-state index contributed by atoms with van der Waals surface area (Å²) in [4.78, 5) is 2.58. The SMILES string of the molecule is COc1ccc(S(=O)Nc2cc(Cl)ccc2C(=N)C(F)F)cc1N1CCNCC1. The maximum absolute atomic E-state index is 13.0. The highest BCUT2D eigenvalue weighted by Gasteiger charge is 2.20. The standard InChI is InChI=1S/C19H21ClF2N4O2S/c1-28-17-5-3-13(11-16(17)26-8-6-24-7-9-26)29(27)25-15-10-12(20)2-4-14(15)18(23)19(21)22/h2-5,10-11,19,23-25H,6-9H2,1H3. The van der Waals surface area contributed by atoms with E-state index in [0.29, 0.717) is 10.6 Å². The number of benzene rings is 2. The van der Waals surface area contributed by atoms with Crippen molar-refractivity contribution in [3.63, 3.8) is 0 Å². The summed E-state index contributed by atoms with van der Waals surface area (Å²) >= 11 is 5.97. The number of alkyl halides is 2. The van der Waals surface area contributed by atoms with Crippen molar-refractivity contribution in [1.82, 2.24) is 5.32 Å². The predicted octanol–water partition coefficient (Wildman–Crippen LogP) is 3.53. The van der Waals surface area contributed by atoms with E-state index in [0.717, 1.165) is 31.9 Å². The van der Waals surface area contributed by atoms with Crippen LogP contribution < -0.4 is 19.7 Å². The Bertz CT molecular complexity index is 923. The van der Waals surface area contributed by atoms with Crippen LogP contribution in [0.4, 0.5) is 20.2 Å². The number of anilines is 2. The Kier molecular flexibility index (Phi) is 7.05. The zero-order valence-corrected chi connectivity index (χ0v) is 17.2. The van der Waals surface area contributed by atoms with Gasteiger partial charge in [-0.2, -0.15) is 0 Å². The second-order valence-corrected chi connectivity index (χ2v) is 8.00. The van der Waals surface area contributed by atoms with Crippen LogP contribution in [0.15, 0.2) is 41.3 Å². The van der Waals surface area contributed by atoms with Gasteiger partial charge in [0.15, 0.2) is 0 Å². The van der Waals surface area contributed by atoms with Crippen molar-refractivity contribution in [3.05, 3.63) is 47.0 Å². The fraction of sp³-hybridized carbons (Fsp3) is 0.316. The molecule has 0 aromatic heterocycles. The average Bonchev–Trinajstić information content (AvgIpc) is 2.73. The Labute approximate surface area is 175 Å². The van der Waals surface area contributed by atoms with Crippen LogP contribution >= 0.6 is 11.6 Å². The van der Waals surface area contributed by atoms with Gasteiger partial charge in [-0.25, -0.2) is 13.0 Å². The molecule has 29 heavy (non-hydrogen) atoms. The summed E-state index contributed by atoms with van der Waals surface area (Å²) in [6, 6.07) is 9.25. The van der Waals surface area contributed by atoms with Crippen molar-refractivity contribution < 1.29 is 17.7 Å². The molecule has 1 saturated heterocycles. The lowest BCUT2D eigenvalue weighted by molar-refractivity contribution is 0.225. The van der Waals surface area contributed by atoms with Crippen LogP contribution in [0.3, 0.4) is 0 Å². The van der Waals surface area contributed by atoms with Gasteiger partial charge in [-0.05, 0) is 36.4 Å². The van der Waals surface area contributed by atoms with E-state index in [1.54, 1.807) is 25.3 Å². The number of rotatable bonds is 7. The normalized spacial score (nSPS) is 15.3. The zero-order chi connectivity index (χ0) is 21.0. The summed E-state index contributed by atoms with van der Waals surface area (Å²) in [5.41, 5.74) is 0.0139. The van der Waals surface area contributed by atoms with Crippen molar-refractivity contribution in [2.75, 3.05) is 42.9 Å². The van der Waals surface area contributed by atoms with Crippen LogP contribution in [-0.2, 0) is 11.0 Å². The number of halogens is 3. The van der Waals surface area contributed by atoms with Crippen LogP contribution in [0.1, 0.15) is 5.56 Å². The van der Waals surface area contributed by atoms with Crippen LogP contribution in [-0.4, -0.2) is 49.6 Å². The van der Waals surface area contributed by atoms with E-state index in [4.69, 9.17) is 21.7 Å². The second-order valence-electron chi connectivity index (χ2n) is 6.35. The molecule has 1 aliphatic rings. The largest absolute Gasteiger partial charge is 0.495 e. The van der Waals surface area contributed by atoms with Crippen molar-refractivity contribution in [2.45, 2.75) is 11.3 Å². The third kappa shape index (κ3) is 5.04. The fourth-order valence-electron chi connectivity index (χ4n) is 3.05. The summed E-state index contributed by atoms with van der Waals surface area (Å²) < 4.78 is 47.1. The van der Waals surface area contributed by atoms with Crippen LogP contribution in [0.25, 0.3) is 0 Å². The lowest BCUT2D eigenvalue weighted by Crippen LogP contribution is -2.43. The first-order chi connectivity index (χ1) is 13.9. The smallest absolute Gasteiger partial charge is 0.280 e. The summed E-state index contributed by atoms with van der Waals surface area (Å²) in [5, 5.41) is 11.2. The molecule has 3 rings (SSSR count). The van der Waals surface area contributed by atoms with Crippen molar-refractivity contribution in [3.8, 4) is 5.75 Å². The Morgan fingerprint density at radius 1 is 1.28 bits per heavy atom. The molecule has 1 atom stereocenters. The van der Waals surface area contributed by atoms with Crippen LogP contribution in [0.2, 0.25) is 5.02 Å². The van der Waals surface area contributed by atoms with Gasteiger partial charge in [0.2, 0.25) is 0 Å². The Balaban J connectivity index is 1.90. The maximum atomic E-state index is 13.0. The minimum atomic E-state index is -2.95. The fourth-order valence-corrected chi connectivity index (χ4v) is 4.12. The van der Waals surface area contributed by atoms with Gasteiger partial charge in [0, 0.05) is 36.8 Å². The molecule has 1 aliphatic heterocycles. The third-order valence-corrected chi connectivity index (χ3v) is 5.84. The van der Waals surface area contributed by atoms with E-state index >= 15 is 0 Å². The van der Waals surface area contributed by atoms with E-state index in [-0.39, 0.29) is 16.3 Å². The van der Waals surface area contributed by atoms with Crippen molar-refractivity contribution in [2.24, 2.45) is 0 Å². The highest BCUT2D eigenvalue weighted by molar-refractivity contribution is 7.86. The average molecular weight is 443 g/mol. The first kappa shape index (κ1) is 21.5. The second kappa shape index (κ2) is 9.51. The van der Waals surface area contributed by atoms with Crippen LogP contribution in [0, 0.1) is 5.41 Å². The molecule has 2 aromatic rings. The zero-order valence-electron chi connectivity index (χ0n) is 15.7. The van der Waals surface area contributed by atoms with Gasteiger partial charge in [0.1, 0.15) is 22.4 Å². The van der Waals surface area contributed by atoms with E-state index in [1.165, 1.54) is 18.2 Å². The number of methoxy groups -OCH3 is 1. The summed E-state index contributed by atoms with van der Waals surface area (Å²) in [6.45, 7) is 3.22. The lowest BCUT2D eigenvalue weighted by atomic mass is 10.1. The molecule has 0 radical (unpaired) electrons. The number of piperazine rings is 1. The number of nitrogens with zero attached hydrogens (tertiary/aromatic N) is 1. The van der Waals surface area contributed by atoms with Gasteiger partial charge in [0.05, 0.1) is 23.4 Å². The molecule has 0 bridgehead atoms. The Morgan fingerprint density at radius 3 is 2.66 bits per heavy atom. The molecule has 1 unspecified atom stereocenters. The number of nitrogens with one attached hydrogen (secondary N) is 3. The van der Waals surface area contributed by atoms with Crippen molar-refractivity contribution in [1.29, 1.82) is 5.41 Å². The van der Waals surface area contributed by atoms with Crippen LogP contribution in [0.5, 0.6) is 5.75 Å². The summed E-state index contributed by atoms with van der Waals surface area (Å²) in [6.07, 6.45) is -2.95. The summed E-state index contributed by atoms with van der Waals surface area (Å²) in [7, 11) is -0.182. The molecule has 6 nitrogen and oxygen atoms in total. The minimum Gasteiger partial charge on any atom is -0.495 e. The van der Waals surface area contributed by atoms with Gasteiger partial charge in [-0.1, -0.05) is 11.6 Å². The van der Waals surface area contributed by atoms with Gasteiger partial charge in [-0.15, -0.1) is 0 Å². The quantitative estimate of drug-likeness (QED) is 0.573. The lowest BCUT2D eigenvalue weighted by Gasteiger charge is -2.30. The first-order valence-electron chi connectivity index (χ1n) is 8.89. The van der Waals surface area contributed by atoms with E-state index in [2.05, 4.69) is 14.9 Å². The third-order valence-electron chi connectivity index (χ3n) is 4.51. The molecular formula is C19H21ClF2N4O2S. The molecule has 0 aliphatic carbocycles. The molecule has 0 amide bonds. The van der Waals surface area contributed by atoms with E-state index in [9.17, 15) is 13.0 Å². The molecule has 0 spiro atoms. The monoisotopic (exact) mass is 442 g/mol. The molecule has 2 aromatic carbocycles. The van der Waals surface area contributed by atoms with Crippen molar-refractivity contribution >= 4 is 39.7 Å². The molecular weight excluding hydrogens is 422 g/mol. The Hall–Kier alpha value is -2.23. The number of hydrogen-bond donors (Lipinski definition) is 3. The highest BCUT2D eigenvalue weighted by atomic mass is 35.5. The van der Waals surface area contributed by atoms with Gasteiger partial charge >= 0.3 is 0 Å². The summed E-state index contributed by atoms with van der Waals surface area (Å²) in [5.74, 6) is 0.663. The van der Waals surface area contributed by atoms with Gasteiger partial charge < -0.3 is 19.7 Å². The molecule has 3 N–H and O–H groups in total. The maximum Gasteiger partial charge on any atom is 0.280 e. The molecule has 1 heterocycles. The van der Waals surface area contributed by atoms with Gasteiger partial charge in [-0.3, -0.25) is 5.41 Å². The Morgan fingerprint density at radius 2 is 2.00 bits per heavy atom. The highest BCUT2D eigenvalue weighted by Crippen LogP contribution is 2.32. The minimum absolute atomic E-state index is 0.0476. The number of hydrogen-bond acceptors (Lipinski definition) is 5. The van der Waals surface area contributed by atoms with Gasteiger partial charge in [0.25, 0.3) is 6.43 Å². The molecule has 156 valence electrons. The molecule has 0 saturated carbocycles. The first-order valence-corrected chi connectivity index (χ1v) is 10.4. The number of ether oxygens (including phenoxy) is 1. The topological polar surface area (TPSA) is 77.5 Å².